The van der Waals surface area contributed by atoms with Crippen LogP contribution in [0.15, 0.2) is 0 Å². The summed E-state index contributed by atoms with van der Waals surface area (Å²) in [6, 6.07) is 0. The van der Waals surface area contributed by atoms with Crippen molar-refractivity contribution in [3.63, 3.8) is 0 Å². The van der Waals surface area contributed by atoms with Gasteiger partial charge in [0.1, 0.15) is 13.2 Å². The fourth-order valence-electron chi connectivity index (χ4n) is 3.12. The zero-order chi connectivity index (χ0) is 23.9. The van der Waals surface area contributed by atoms with E-state index in [1.165, 1.54) is 12.8 Å². The van der Waals surface area contributed by atoms with Gasteiger partial charge in [0.05, 0.1) is 12.2 Å². The van der Waals surface area contributed by atoms with Crippen LogP contribution in [0.2, 0.25) is 0 Å². The molecule has 0 saturated heterocycles. The Morgan fingerprint density at radius 1 is 0.562 bits per heavy atom. The van der Waals surface area contributed by atoms with Crippen LogP contribution in [0.3, 0.4) is 0 Å². The molecule has 0 aromatic carbocycles. The maximum atomic E-state index is 11.8. The lowest BCUT2D eigenvalue weighted by atomic mass is 10.1. The number of hydrogen-bond donors (Lipinski definition) is 0. The van der Waals surface area contributed by atoms with Crippen LogP contribution < -0.4 is 0 Å². The third kappa shape index (κ3) is 22.1. The van der Waals surface area contributed by atoms with Gasteiger partial charge in [0, 0.05) is 26.1 Å². The van der Waals surface area contributed by atoms with Gasteiger partial charge in [0.25, 0.3) is 0 Å². The van der Waals surface area contributed by atoms with Crippen LogP contribution in [0.5, 0.6) is 0 Å². The van der Waals surface area contributed by atoms with E-state index in [4.69, 9.17) is 18.9 Å². The minimum Gasteiger partial charge on any atom is -0.463 e. The third-order valence-electron chi connectivity index (χ3n) is 5.27. The monoisotopic (exact) mass is 458 g/mol. The topological polar surface area (TPSA) is 71.1 Å². The summed E-state index contributed by atoms with van der Waals surface area (Å²) in [5.41, 5.74) is 0. The standard InChI is InChI=1S/C26H50O6/c1-5-7-19-29-23(3)21-31-25(27)17-15-13-11-9-10-12-14-16-18-26(28)32-22-24(4)30-20-8-6-2/h23-24H,5-22H2,1-4H3. The molecule has 0 fully saturated rings. The molecule has 0 aromatic heterocycles. The van der Waals surface area contributed by atoms with E-state index in [1.54, 1.807) is 0 Å². The van der Waals surface area contributed by atoms with Crippen molar-refractivity contribution in [2.75, 3.05) is 26.4 Å². The van der Waals surface area contributed by atoms with Crippen LogP contribution in [-0.2, 0) is 28.5 Å². The molecule has 0 amide bonds. The summed E-state index contributed by atoms with van der Waals surface area (Å²) in [6.45, 7) is 10.3. The molecule has 0 aliphatic rings. The molecule has 6 heteroatoms. The molecule has 0 saturated carbocycles. The van der Waals surface area contributed by atoms with Crippen molar-refractivity contribution < 1.29 is 28.5 Å². The molecule has 2 atom stereocenters. The zero-order valence-electron chi connectivity index (χ0n) is 21.3. The molecule has 32 heavy (non-hydrogen) atoms. The van der Waals surface area contributed by atoms with Gasteiger partial charge in [0.15, 0.2) is 0 Å². The lowest BCUT2D eigenvalue weighted by Crippen LogP contribution is -2.19. The molecule has 0 radical (unpaired) electrons. The second-order valence-electron chi connectivity index (χ2n) is 8.76. The van der Waals surface area contributed by atoms with Gasteiger partial charge in [-0.2, -0.15) is 0 Å². The molecule has 0 aliphatic carbocycles. The van der Waals surface area contributed by atoms with Gasteiger partial charge in [-0.05, 0) is 39.5 Å². The van der Waals surface area contributed by atoms with Gasteiger partial charge in [0.2, 0.25) is 0 Å². The fraction of sp³-hybridized carbons (Fsp3) is 0.923. The zero-order valence-corrected chi connectivity index (χ0v) is 21.3. The quantitative estimate of drug-likeness (QED) is 0.131. The van der Waals surface area contributed by atoms with E-state index < -0.39 is 0 Å². The Balaban J connectivity index is 3.39. The van der Waals surface area contributed by atoms with Crippen molar-refractivity contribution in [1.29, 1.82) is 0 Å². The Bertz CT molecular complexity index is 400. The number of hydrogen-bond acceptors (Lipinski definition) is 6. The van der Waals surface area contributed by atoms with E-state index in [2.05, 4.69) is 13.8 Å². The van der Waals surface area contributed by atoms with E-state index in [9.17, 15) is 9.59 Å². The van der Waals surface area contributed by atoms with E-state index in [1.807, 2.05) is 13.8 Å². The van der Waals surface area contributed by atoms with Crippen LogP contribution in [0, 0.1) is 0 Å². The van der Waals surface area contributed by atoms with E-state index in [0.29, 0.717) is 26.1 Å². The lowest BCUT2D eigenvalue weighted by molar-refractivity contribution is -0.148. The van der Waals surface area contributed by atoms with Crippen LogP contribution in [0.1, 0.15) is 118 Å². The highest BCUT2D eigenvalue weighted by Crippen LogP contribution is 2.11. The average molecular weight is 459 g/mol. The van der Waals surface area contributed by atoms with Gasteiger partial charge in [-0.1, -0.05) is 65.2 Å². The molecular weight excluding hydrogens is 408 g/mol. The Morgan fingerprint density at radius 2 is 0.906 bits per heavy atom. The van der Waals surface area contributed by atoms with Gasteiger partial charge in [-0.3, -0.25) is 9.59 Å². The molecule has 0 aromatic rings. The first-order valence-corrected chi connectivity index (χ1v) is 13.0. The van der Waals surface area contributed by atoms with Crippen molar-refractivity contribution >= 4 is 11.9 Å². The van der Waals surface area contributed by atoms with Crippen LogP contribution in [0.25, 0.3) is 0 Å². The van der Waals surface area contributed by atoms with Gasteiger partial charge >= 0.3 is 11.9 Å². The highest BCUT2D eigenvalue weighted by atomic mass is 16.6. The van der Waals surface area contributed by atoms with Crippen molar-refractivity contribution in [3.8, 4) is 0 Å². The second kappa shape index (κ2) is 23.0. The van der Waals surface area contributed by atoms with Crippen LogP contribution in [-0.4, -0.2) is 50.6 Å². The molecule has 0 aliphatic heterocycles. The number of carbonyl (C=O) groups is 2. The Kier molecular flexibility index (Phi) is 22.2. The Labute approximate surface area is 197 Å². The van der Waals surface area contributed by atoms with E-state index in [-0.39, 0.29) is 24.1 Å². The number of ether oxygens (including phenoxy) is 4. The first kappa shape index (κ1) is 30.9. The predicted octanol–water partition coefficient (Wildman–Crippen LogP) is 6.38. The Morgan fingerprint density at radius 3 is 1.25 bits per heavy atom. The summed E-state index contributed by atoms with van der Waals surface area (Å²) in [6.07, 6.45) is 13.7. The largest absolute Gasteiger partial charge is 0.463 e. The molecule has 0 N–H and O–H groups in total. The second-order valence-corrected chi connectivity index (χ2v) is 8.76. The maximum absolute atomic E-state index is 11.8. The first-order chi connectivity index (χ1) is 15.5. The highest BCUT2D eigenvalue weighted by Gasteiger charge is 2.08. The predicted molar refractivity (Wildman–Crippen MR) is 129 cm³/mol. The first-order valence-electron chi connectivity index (χ1n) is 13.0. The SMILES string of the molecule is CCCCOC(C)COC(=O)CCCCCCCCCCC(=O)OCC(C)OCCCC. The minimum absolute atomic E-state index is 0.0273. The fourth-order valence-corrected chi connectivity index (χ4v) is 3.12. The van der Waals surface area contributed by atoms with Gasteiger partial charge < -0.3 is 18.9 Å². The minimum atomic E-state index is -0.121. The smallest absolute Gasteiger partial charge is 0.305 e. The molecule has 2 unspecified atom stereocenters. The van der Waals surface area contributed by atoms with E-state index in [0.717, 1.165) is 77.4 Å². The number of rotatable bonds is 23. The van der Waals surface area contributed by atoms with Crippen molar-refractivity contribution in [2.24, 2.45) is 0 Å². The lowest BCUT2D eigenvalue weighted by Gasteiger charge is -2.13. The van der Waals surface area contributed by atoms with Crippen LogP contribution >= 0.6 is 0 Å². The van der Waals surface area contributed by atoms with E-state index >= 15 is 0 Å². The van der Waals surface area contributed by atoms with Gasteiger partial charge in [-0.15, -0.1) is 0 Å². The summed E-state index contributed by atoms with van der Waals surface area (Å²) in [5, 5.41) is 0. The molecule has 190 valence electrons. The Hall–Kier alpha value is -1.14. The van der Waals surface area contributed by atoms with Crippen molar-refractivity contribution in [1.82, 2.24) is 0 Å². The molecule has 0 bridgehead atoms. The van der Waals surface area contributed by atoms with Crippen molar-refractivity contribution in [3.05, 3.63) is 0 Å². The average Bonchev–Trinajstić information content (AvgIpc) is 2.77. The molecule has 0 spiro atoms. The summed E-state index contributed by atoms with van der Waals surface area (Å²) in [4.78, 5) is 23.5. The number of esters is 2. The number of carbonyl (C=O) groups excluding carboxylic acids is 2. The van der Waals surface area contributed by atoms with Gasteiger partial charge in [-0.25, -0.2) is 0 Å². The summed E-state index contributed by atoms with van der Waals surface area (Å²) >= 11 is 0. The molecule has 0 rings (SSSR count). The third-order valence-corrected chi connectivity index (χ3v) is 5.27. The molecule has 6 nitrogen and oxygen atoms in total. The maximum Gasteiger partial charge on any atom is 0.305 e. The summed E-state index contributed by atoms with van der Waals surface area (Å²) < 4.78 is 21.7. The molecular formula is C26H50O6. The molecule has 0 heterocycles. The van der Waals surface area contributed by atoms with Crippen LogP contribution in [0.4, 0.5) is 0 Å². The number of unbranched alkanes of at least 4 members (excludes halogenated alkanes) is 9. The van der Waals surface area contributed by atoms with Crippen molar-refractivity contribution in [2.45, 2.75) is 130 Å². The highest BCUT2D eigenvalue weighted by molar-refractivity contribution is 5.69. The summed E-state index contributed by atoms with van der Waals surface area (Å²) in [7, 11) is 0. The normalized spacial score (nSPS) is 13.0. The summed E-state index contributed by atoms with van der Waals surface area (Å²) in [5.74, 6) is -0.241.